The van der Waals surface area contributed by atoms with Crippen molar-refractivity contribution in [1.29, 1.82) is 0 Å². The average molecular weight is 426 g/mol. The number of halogens is 3. The molecule has 1 saturated heterocycles. The van der Waals surface area contributed by atoms with E-state index < -0.39 is 33.4 Å². The van der Waals surface area contributed by atoms with Crippen LogP contribution in [0.4, 0.5) is 18.9 Å². The van der Waals surface area contributed by atoms with Crippen LogP contribution in [0.2, 0.25) is 0 Å². The summed E-state index contributed by atoms with van der Waals surface area (Å²) >= 11 is 0. The van der Waals surface area contributed by atoms with Crippen molar-refractivity contribution in [3.63, 3.8) is 0 Å². The molecule has 29 heavy (non-hydrogen) atoms. The van der Waals surface area contributed by atoms with Gasteiger partial charge in [0.1, 0.15) is 0 Å². The van der Waals surface area contributed by atoms with Gasteiger partial charge in [-0.2, -0.15) is 13.2 Å². The van der Waals surface area contributed by atoms with Gasteiger partial charge in [0, 0.05) is 18.8 Å². The molecule has 0 spiro atoms. The van der Waals surface area contributed by atoms with Crippen molar-refractivity contribution in [1.82, 2.24) is 4.31 Å². The Morgan fingerprint density at radius 2 is 1.83 bits per heavy atom. The maximum absolute atomic E-state index is 12.9. The Morgan fingerprint density at radius 3 is 2.52 bits per heavy atom. The van der Waals surface area contributed by atoms with E-state index in [1.807, 2.05) is 6.07 Å². The van der Waals surface area contributed by atoms with Crippen LogP contribution in [0.3, 0.4) is 0 Å². The quantitative estimate of drug-likeness (QED) is 0.789. The molecule has 1 fully saturated rings. The molecule has 0 aliphatic carbocycles. The largest absolute Gasteiger partial charge is 0.416 e. The minimum atomic E-state index is -4.54. The van der Waals surface area contributed by atoms with Crippen molar-refractivity contribution in [2.75, 3.05) is 18.4 Å². The highest BCUT2D eigenvalue weighted by Crippen LogP contribution is 2.30. The highest BCUT2D eigenvalue weighted by molar-refractivity contribution is 7.88. The third kappa shape index (κ3) is 5.57. The lowest BCUT2D eigenvalue weighted by Crippen LogP contribution is -2.44. The van der Waals surface area contributed by atoms with Crippen molar-refractivity contribution in [3.05, 3.63) is 65.7 Å². The molecule has 156 valence electrons. The Bertz CT molecular complexity index is 962. The highest BCUT2D eigenvalue weighted by atomic mass is 32.2. The third-order valence-corrected chi connectivity index (χ3v) is 6.61. The summed E-state index contributed by atoms with van der Waals surface area (Å²) in [6, 6.07) is 13.2. The van der Waals surface area contributed by atoms with Crippen LogP contribution in [0.15, 0.2) is 54.6 Å². The van der Waals surface area contributed by atoms with Gasteiger partial charge in [-0.1, -0.05) is 36.4 Å². The van der Waals surface area contributed by atoms with E-state index in [-0.39, 0.29) is 24.6 Å². The molecular formula is C20H21F3N2O3S. The Balaban J connectivity index is 1.68. The van der Waals surface area contributed by atoms with Crippen molar-refractivity contribution < 1.29 is 26.4 Å². The molecule has 1 atom stereocenters. The summed E-state index contributed by atoms with van der Waals surface area (Å²) in [6.07, 6.45) is -3.48. The maximum Gasteiger partial charge on any atom is 0.416 e. The predicted octanol–water partition coefficient (Wildman–Crippen LogP) is 3.89. The standard InChI is InChI=1S/C20H21F3N2O3S/c21-20(22,23)17-8-4-6-15(12-17)14-29(27,28)25-11-5-7-16(13-25)19(26)24-18-9-2-1-3-10-18/h1-4,6,8-10,12,16H,5,7,11,13-14H2,(H,24,26). The molecule has 1 amide bonds. The Hall–Kier alpha value is -2.39. The predicted molar refractivity (Wildman–Crippen MR) is 103 cm³/mol. The second-order valence-electron chi connectivity index (χ2n) is 7.01. The number of rotatable bonds is 5. The van der Waals surface area contributed by atoms with E-state index in [2.05, 4.69) is 5.32 Å². The summed E-state index contributed by atoms with van der Waals surface area (Å²) in [5.74, 6) is -1.32. The maximum atomic E-state index is 12.9. The Labute approximate surface area is 167 Å². The minimum absolute atomic E-state index is 0.0139. The number of sulfonamides is 1. The van der Waals surface area contributed by atoms with Gasteiger partial charge in [-0.15, -0.1) is 0 Å². The van der Waals surface area contributed by atoms with Crippen molar-refractivity contribution >= 4 is 21.6 Å². The molecule has 1 N–H and O–H groups in total. The van der Waals surface area contributed by atoms with Gasteiger partial charge in [0.25, 0.3) is 0 Å². The summed E-state index contributed by atoms with van der Waals surface area (Å²) in [6.45, 7) is 0.260. The molecular weight excluding hydrogens is 405 g/mol. The molecule has 0 saturated carbocycles. The van der Waals surface area contributed by atoms with Gasteiger partial charge in [0.15, 0.2) is 0 Å². The summed E-state index contributed by atoms with van der Waals surface area (Å²) in [5.41, 5.74) is -0.193. The molecule has 2 aromatic carbocycles. The fourth-order valence-electron chi connectivity index (χ4n) is 3.31. The number of carbonyl (C=O) groups excluding carboxylic acids is 1. The van der Waals surface area contributed by atoms with Gasteiger partial charge in [0.2, 0.25) is 15.9 Å². The lowest BCUT2D eigenvalue weighted by Gasteiger charge is -2.31. The summed E-state index contributed by atoms with van der Waals surface area (Å²) in [7, 11) is -3.85. The van der Waals surface area contributed by atoms with Gasteiger partial charge < -0.3 is 5.32 Å². The summed E-state index contributed by atoms with van der Waals surface area (Å²) in [4.78, 5) is 12.5. The molecule has 9 heteroatoms. The zero-order chi connectivity index (χ0) is 21.1. The molecule has 0 bridgehead atoms. The molecule has 3 rings (SSSR count). The van der Waals surface area contributed by atoms with Crippen molar-refractivity contribution in [2.24, 2.45) is 5.92 Å². The fraction of sp³-hybridized carbons (Fsp3) is 0.350. The molecule has 0 aromatic heterocycles. The van der Waals surface area contributed by atoms with Gasteiger partial charge in [-0.05, 0) is 36.6 Å². The van der Waals surface area contributed by atoms with Crippen LogP contribution in [0.25, 0.3) is 0 Å². The summed E-state index contributed by atoms with van der Waals surface area (Å²) in [5, 5.41) is 2.77. The second-order valence-corrected chi connectivity index (χ2v) is 8.98. The number of benzene rings is 2. The average Bonchev–Trinajstić information content (AvgIpc) is 2.68. The number of alkyl halides is 3. The number of piperidine rings is 1. The molecule has 1 aliphatic rings. The molecule has 1 heterocycles. The first-order valence-corrected chi connectivity index (χ1v) is 10.8. The van der Waals surface area contributed by atoms with Crippen LogP contribution < -0.4 is 5.32 Å². The number of anilines is 1. The lowest BCUT2D eigenvalue weighted by molar-refractivity contribution is -0.137. The molecule has 1 aliphatic heterocycles. The van der Waals surface area contributed by atoms with Gasteiger partial charge in [0.05, 0.1) is 17.2 Å². The Morgan fingerprint density at radius 1 is 1.10 bits per heavy atom. The molecule has 1 unspecified atom stereocenters. The van der Waals surface area contributed by atoms with Gasteiger partial charge >= 0.3 is 6.18 Å². The van der Waals surface area contributed by atoms with E-state index in [1.54, 1.807) is 24.3 Å². The first kappa shape index (κ1) is 21.3. The van der Waals surface area contributed by atoms with Crippen molar-refractivity contribution in [2.45, 2.75) is 24.8 Å². The fourth-order valence-corrected chi connectivity index (χ4v) is 4.91. The van der Waals surface area contributed by atoms with Gasteiger partial charge in [-0.25, -0.2) is 12.7 Å². The SMILES string of the molecule is O=C(Nc1ccccc1)C1CCCN(S(=O)(=O)Cc2cccc(C(F)(F)F)c2)C1. The molecule has 5 nitrogen and oxygen atoms in total. The van der Waals surface area contributed by atoms with Gasteiger partial charge in [-0.3, -0.25) is 4.79 Å². The number of nitrogens with zero attached hydrogens (tertiary/aromatic N) is 1. The van der Waals surface area contributed by atoms with E-state index >= 15 is 0 Å². The van der Waals surface area contributed by atoms with Crippen molar-refractivity contribution in [3.8, 4) is 0 Å². The minimum Gasteiger partial charge on any atom is -0.326 e. The first-order chi connectivity index (χ1) is 13.6. The van der Waals surface area contributed by atoms with Crippen LogP contribution >= 0.6 is 0 Å². The number of hydrogen-bond acceptors (Lipinski definition) is 3. The Kier molecular flexibility index (Phi) is 6.28. The zero-order valence-electron chi connectivity index (χ0n) is 15.5. The number of amides is 1. The van der Waals surface area contributed by atoms with Crippen LogP contribution in [0, 0.1) is 5.92 Å². The lowest BCUT2D eigenvalue weighted by atomic mass is 9.99. The number of nitrogens with one attached hydrogen (secondary N) is 1. The molecule has 2 aromatic rings. The summed E-state index contributed by atoms with van der Waals surface area (Å²) < 4.78 is 65.3. The third-order valence-electron chi connectivity index (χ3n) is 4.79. The van der Waals surface area contributed by atoms with E-state index in [9.17, 15) is 26.4 Å². The monoisotopic (exact) mass is 426 g/mol. The van der Waals surface area contributed by atoms with Crippen LogP contribution in [-0.2, 0) is 26.7 Å². The van der Waals surface area contributed by atoms with Crippen LogP contribution in [-0.4, -0.2) is 31.7 Å². The first-order valence-electron chi connectivity index (χ1n) is 9.15. The van der Waals surface area contributed by atoms with Crippen LogP contribution in [0.5, 0.6) is 0 Å². The number of para-hydroxylation sites is 1. The second kappa shape index (κ2) is 8.54. The zero-order valence-corrected chi connectivity index (χ0v) is 16.3. The topological polar surface area (TPSA) is 66.5 Å². The smallest absolute Gasteiger partial charge is 0.326 e. The number of carbonyl (C=O) groups is 1. The van der Waals surface area contributed by atoms with E-state index in [4.69, 9.17) is 0 Å². The van der Waals surface area contributed by atoms with E-state index in [0.29, 0.717) is 18.5 Å². The van der Waals surface area contributed by atoms with E-state index in [0.717, 1.165) is 12.1 Å². The van der Waals surface area contributed by atoms with E-state index in [1.165, 1.54) is 16.4 Å². The molecule has 0 radical (unpaired) electrons. The van der Waals surface area contributed by atoms with Crippen LogP contribution in [0.1, 0.15) is 24.0 Å². The highest BCUT2D eigenvalue weighted by Gasteiger charge is 2.34. The number of hydrogen-bond donors (Lipinski definition) is 1. The normalized spacial score (nSPS) is 18.4.